The number of sulfonamides is 1. The molecule has 0 saturated heterocycles. The number of carbonyl (C=O) groups excluding carboxylic acids is 1. The van der Waals surface area contributed by atoms with Gasteiger partial charge in [-0.15, -0.1) is 0 Å². The van der Waals surface area contributed by atoms with Crippen LogP contribution in [-0.2, 0) is 10.0 Å². The Hall–Kier alpha value is -2.41. The summed E-state index contributed by atoms with van der Waals surface area (Å²) in [5.74, 6) is -1.33. The third-order valence-electron chi connectivity index (χ3n) is 2.57. The summed E-state index contributed by atoms with van der Waals surface area (Å²) in [5, 5.41) is 0. The molecular weight excluding hydrogens is 283 g/mol. The van der Waals surface area contributed by atoms with Gasteiger partial charge < -0.3 is 5.73 Å². The number of benzene rings is 2. The van der Waals surface area contributed by atoms with Crippen molar-refractivity contribution in [3.8, 4) is 0 Å². The van der Waals surface area contributed by atoms with Crippen molar-refractivity contribution in [1.82, 2.24) is 0 Å². The highest BCUT2D eigenvalue weighted by atomic mass is 32.2. The van der Waals surface area contributed by atoms with Crippen LogP contribution in [0.3, 0.4) is 0 Å². The number of rotatable bonds is 4. The van der Waals surface area contributed by atoms with Crippen LogP contribution >= 0.6 is 0 Å². The zero-order valence-electron chi connectivity index (χ0n) is 10.2. The molecule has 0 heterocycles. The molecule has 0 spiro atoms. The summed E-state index contributed by atoms with van der Waals surface area (Å²) in [6, 6.07) is 10.5. The van der Waals surface area contributed by atoms with Crippen LogP contribution < -0.4 is 10.5 Å². The average molecular weight is 294 g/mol. The molecule has 0 atom stereocenters. The van der Waals surface area contributed by atoms with E-state index in [0.717, 1.165) is 6.07 Å². The van der Waals surface area contributed by atoms with E-state index in [9.17, 15) is 17.6 Å². The molecule has 0 fully saturated rings. The maximum absolute atomic E-state index is 13.4. The van der Waals surface area contributed by atoms with E-state index in [0.29, 0.717) is 0 Å². The number of amides is 1. The largest absolute Gasteiger partial charge is 0.366 e. The van der Waals surface area contributed by atoms with E-state index in [4.69, 9.17) is 5.73 Å². The van der Waals surface area contributed by atoms with Crippen LogP contribution in [0.5, 0.6) is 0 Å². The average Bonchev–Trinajstić information content (AvgIpc) is 2.41. The molecule has 3 N–H and O–H groups in total. The second-order valence-electron chi connectivity index (χ2n) is 3.97. The van der Waals surface area contributed by atoms with Crippen LogP contribution in [0.15, 0.2) is 53.4 Å². The summed E-state index contributed by atoms with van der Waals surface area (Å²) in [4.78, 5) is 10.8. The highest BCUT2D eigenvalue weighted by molar-refractivity contribution is 7.92. The number of hydrogen-bond donors (Lipinski definition) is 2. The minimum Gasteiger partial charge on any atom is -0.366 e. The normalized spacial score (nSPS) is 11.1. The second kappa shape index (κ2) is 5.30. The van der Waals surface area contributed by atoms with Crippen molar-refractivity contribution >= 4 is 21.6 Å². The quantitative estimate of drug-likeness (QED) is 0.899. The van der Waals surface area contributed by atoms with E-state index < -0.39 is 21.7 Å². The van der Waals surface area contributed by atoms with Gasteiger partial charge in [-0.05, 0) is 36.4 Å². The minimum atomic E-state index is -3.92. The van der Waals surface area contributed by atoms with Gasteiger partial charge in [-0.25, -0.2) is 12.8 Å². The first-order chi connectivity index (χ1) is 9.40. The fourth-order valence-corrected chi connectivity index (χ4v) is 2.61. The molecule has 1 amide bonds. The van der Waals surface area contributed by atoms with Crippen molar-refractivity contribution in [2.45, 2.75) is 4.90 Å². The van der Waals surface area contributed by atoms with Crippen molar-refractivity contribution in [1.29, 1.82) is 0 Å². The smallest absolute Gasteiger partial charge is 0.261 e. The molecule has 20 heavy (non-hydrogen) atoms. The minimum absolute atomic E-state index is 0.0919. The fraction of sp³-hybridized carbons (Fsp3) is 0. The van der Waals surface area contributed by atoms with Crippen molar-refractivity contribution in [2.75, 3.05) is 4.72 Å². The highest BCUT2D eigenvalue weighted by Gasteiger charge is 2.16. The van der Waals surface area contributed by atoms with E-state index in [-0.39, 0.29) is 16.1 Å². The number of nitrogens with one attached hydrogen (secondary N) is 1. The Morgan fingerprint density at radius 2 is 1.65 bits per heavy atom. The maximum Gasteiger partial charge on any atom is 0.261 e. The van der Waals surface area contributed by atoms with E-state index in [1.165, 1.54) is 42.5 Å². The van der Waals surface area contributed by atoms with Gasteiger partial charge in [0, 0.05) is 5.56 Å². The Balaban J connectivity index is 2.31. The molecule has 2 rings (SSSR count). The Bertz CT molecular complexity index is 742. The summed E-state index contributed by atoms with van der Waals surface area (Å²) < 4.78 is 39.6. The van der Waals surface area contributed by atoms with Gasteiger partial charge in [0.1, 0.15) is 5.82 Å². The molecule has 104 valence electrons. The third-order valence-corrected chi connectivity index (χ3v) is 3.95. The second-order valence-corrected chi connectivity index (χ2v) is 5.66. The summed E-state index contributed by atoms with van der Waals surface area (Å²) in [6.07, 6.45) is 0. The predicted octanol–water partition coefficient (Wildman–Crippen LogP) is 1.73. The van der Waals surface area contributed by atoms with Crippen LogP contribution in [0.2, 0.25) is 0 Å². The van der Waals surface area contributed by atoms with Crippen molar-refractivity contribution in [3.05, 3.63) is 59.9 Å². The number of primary amides is 1. The monoisotopic (exact) mass is 294 g/mol. The highest BCUT2D eigenvalue weighted by Crippen LogP contribution is 2.19. The Morgan fingerprint density at radius 1 is 1.05 bits per heavy atom. The first-order valence-corrected chi connectivity index (χ1v) is 7.06. The van der Waals surface area contributed by atoms with Gasteiger partial charge in [-0.1, -0.05) is 12.1 Å². The van der Waals surface area contributed by atoms with Crippen LogP contribution in [0, 0.1) is 5.82 Å². The number of hydrogen-bond acceptors (Lipinski definition) is 3. The van der Waals surface area contributed by atoms with Crippen molar-refractivity contribution < 1.29 is 17.6 Å². The molecule has 2 aromatic carbocycles. The van der Waals surface area contributed by atoms with Crippen LogP contribution in [-0.4, -0.2) is 14.3 Å². The van der Waals surface area contributed by atoms with E-state index in [1.807, 2.05) is 0 Å². The lowest BCUT2D eigenvalue weighted by Crippen LogP contribution is -2.15. The van der Waals surface area contributed by atoms with Crippen molar-refractivity contribution in [3.63, 3.8) is 0 Å². The molecule has 0 aromatic heterocycles. The number of halogens is 1. The first-order valence-electron chi connectivity index (χ1n) is 5.57. The molecule has 0 unspecified atom stereocenters. The van der Waals surface area contributed by atoms with Gasteiger partial charge in [0.15, 0.2) is 0 Å². The van der Waals surface area contributed by atoms with Crippen LogP contribution in [0.4, 0.5) is 10.1 Å². The molecule has 0 aliphatic rings. The lowest BCUT2D eigenvalue weighted by atomic mass is 10.2. The molecule has 0 aliphatic heterocycles. The van der Waals surface area contributed by atoms with Gasteiger partial charge in [0.25, 0.3) is 10.0 Å². The van der Waals surface area contributed by atoms with Crippen LogP contribution in [0.25, 0.3) is 0 Å². The van der Waals surface area contributed by atoms with Gasteiger partial charge in [0.2, 0.25) is 5.91 Å². The molecule has 5 nitrogen and oxygen atoms in total. The van der Waals surface area contributed by atoms with Crippen molar-refractivity contribution in [2.24, 2.45) is 5.73 Å². The molecule has 0 saturated carbocycles. The third kappa shape index (κ3) is 2.94. The number of nitrogens with two attached hydrogens (primary N) is 1. The van der Waals surface area contributed by atoms with E-state index in [2.05, 4.69) is 4.72 Å². The van der Waals surface area contributed by atoms with E-state index in [1.54, 1.807) is 0 Å². The maximum atomic E-state index is 13.4. The van der Waals surface area contributed by atoms with Gasteiger partial charge in [0.05, 0.1) is 10.6 Å². The Labute approximate surface area is 115 Å². The number of para-hydroxylation sites is 1. The predicted molar refractivity (Wildman–Crippen MR) is 72.2 cm³/mol. The lowest BCUT2D eigenvalue weighted by Gasteiger charge is -2.09. The zero-order chi connectivity index (χ0) is 14.8. The molecular formula is C13H11FN2O3S. The van der Waals surface area contributed by atoms with Crippen LogP contribution in [0.1, 0.15) is 10.4 Å². The Morgan fingerprint density at radius 3 is 2.20 bits per heavy atom. The molecule has 0 aliphatic carbocycles. The molecule has 2 aromatic rings. The van der Waals surface area contributed by atoms with Gasteiger partial charge >= 0.3 is 0 Å². The lowest BCUT2D eigenvalue weighted by molar-refractivity contribution is 0.1000. The fourth-order valence-electron chi connectivity index (χ4n) is 1.55. The van der Waals surface area contributed by atoms with E-state index >= 15 is 0 Å². The molecule has 0 bridgehead atoms. The standard InChI is InChI=1S/C13H11FN2O3S/c14-11-3-1-2-4-12(11)16-20(18,19)10-7-5-9(6-8-10)13(15)17/h1-8,16H,(H2,15,17). The summed E-state index contributed by atoms with van der Waals surface area (Å²) >= 11 is 0. The zero-order valence-corrected chi connectivity index (χ0v) is 11.0. The first kappa shape index (κ1) is 14.0. The number of anilines is 1. The molecule has 7 heteroatoms. The SMILES string of the molecule is NC(=O)c1ccc(S(=O)(=O)Nc2ccccc2F)cc1. The number of carbonyl (C=O) groups is 1. The van der Waals surface area contributed by atoms with Gasteiger partial charge in [-0.3, -0.25) is 9.52 Å². The summed E-state index contributed by atoms with van der Waals surface area (Å²) in [5.41, 5.74) is 5.11. The Kier molecular flexibility index (Phi) is 3.71. The van der Waals surface area contributed by atoms with Gasteiger partial charge in [-0.2, -0.15) is 0 Å². The molecule has 0 radical (unpaired) electrons. The topological polar surface area (TPSA) is 89.3 Å². The summed E-state index contributed by atoms with van der Waals surface area (Å²) in [6.45, 7) is 0. The summed E-state index contributed by atoms with van der Waals surface area (Å²) in [7, 11) is -3.92.